The van der Waals surface area contributed by atoms with Gasteiger partial charge in [0.15, 0.2) is 0 Å². The van der Waals surface area contributed by atoms with E-state index >= 15 is 0 Å². The SMILES string of the molecule is C1CCC(N(C2CCCCN2)C2CC(N(C3CCCCC3)C3CCCCN3)C3CCC4C5C(CCC2C35)C(N(C2CCCCC2)C2CCCCN2)CC4N(C2CCCCC2)C2CCCCN2)CC1. The molecule has 12 atom stereocenters. The van der Waals surface area contributed by atoms with Crippen LogP contribution in [0.3, 0.4) is 0 Å². The zero-order valence-corrected chi connectivity index (χ0v) is 43.9. The van der Waals surface area contributed by atoms with E-state index in [9.17, 15) is 0 Å². The monoisotopic (exact) mass is 939 g/mol. The predicted molar refractivity (Wildman–Crippen MR) is 281 cm³/mol. The highest BCUT2D eigenvalue weighted by Crippen LogP contribution is 2.64. The molecule has 0 aromatic carbocycles. The van der Waals surface area contributed by atoms with Gasteiger partial charge in [0.1, 0.15) is 0 Å². The standard InChI is InChI=1S/C60H106N8/c1-5-21-43(22-6-1)65(55-29-13-17-37-61-55)51-41-52(66(44-23-7-2-8-24-44)56-30-14-18-38-62-56)48-35-36-50-54(68(46-27-11-4-12-28-46)58-32-16-20-40-64-58)42-53(49-34-33-47(51)59(48)60(49)50)67(45-25-9-3-10-26-45)57-31-15-19-39-63-57/h43-64H,1-42H2. The Morgan fingerprint density at radius 2 is 0.441 bits per heavy atom. The van der Waals surface area contributed by atoms with Crippen molar-refractivity contribution in [3.63, 3.8) is 0 Å². The Morgan fingerprint density at radius 3 is 0.647 bits per heavy atom. The fourth-order valence-electron chi connectivity index (χ4n) is 20.6. The van der Waals surface area contributed by atoms with Gasteiger partial charge in [-0.2, -0.15) is 0 Å². The smallest absolute Gasteiger partial charge is 0.0602 e. The van der Waals surface area contributed by atoms with Crippen molar-refractivity contribution in [2.75, 3.05) is 26.2 Å². The van der Waals surface area contributed by atoms with E-state index in [1.165, 1.54) is 270 Å². The van der Waals surface area contributed by atoms with E-state index in [1.807, 2.05) is 0 Å². The summed E-state index contributed by atoms with van der Waals surface area (Å²) >= 11 is 0. The van der Waals surface area contributed by atoms with Gasteiger partial charge in [0.05, 0.1) is 24.7 Å². The molecule has 8 heteroatoms. The van der Waals surface area contributed by atoms with Crippen LogP contribution in [0.15, 0.2) is 0 Å². The summed E-state index contributed by atoms with van der Waals surface area (Å²) in [5, 5.41) is 17.3. The number of hydrogen-bond donors (Lipinski definition) is 4. The molecule has 0 aromatic rings. The van der Waals surface area contributed by atoms with Crippen molar-refractivity contribution < 1.29 is 0 Å². The van der Waals surface area contributed by atoms with Gasteiger partial charge in [-0.25, -0.2) is 0 Å². The molecule has 0 aromatic heterocycles. The number of nitrogens with zero attached hydrogens (tertiary/aromatic N) is 4. The van der Waals surface area contributed by atoms with E-state index in [1.54, 1.807) is 0 Å². The normalized spacial score (nSPS) is 43.2. The van der Waals surface area contributed by atoms with Crippen LogP contribution in [0.2, 0.25) is 0 Å². The van der Waals surface area contributed by atoms with Gasteiger partial charge in [-0.15, -0.1) is 0 Å². The minimum atomic E-state index is 0.604. The summed E-state index contributed by atoms with van der Waals surface area (Å²) in [6.07, 6.45) is 57.7. The highest BCUT2D eigenvalue weighted by Gasteiger charge is 2.64. The van der Waals surface area contributed by atoms with Crippen LogP contribution in [0.4, 0.5) is 0 Å². The molecule has 4 N–H and O–H groups in total. The maximum atomic E-state index is 4.33. The average Bonchev–Trinajstić information content (AvgIpc) is 3.42. The highest BCUT2D eigenvalue weighted by molar-refractivity contribution is 5.16. The second-order valence-electron chi connectivity index (χ2n) is 26.5. The minimum absolute atomic E-state index is 0.604. The quantitative estimate of drug-likeness (QED) is 0.154. The van der Waals surface area contributed by atoms with Gasteiger partial charge in [-0.3, -0.25) is 19.6 Å². The molecule has 0 bridgehead atoms. The summed E-state index contributed by atoms with van der Waals surface area (Å²) in [7, 11) is 0. The van der Waals surface area contributed by atoms with Crippen LogP contribution in [0.5, 0.6) is 0 Å². The lowest BCUT2D eigenvalue weighted by Gasteiger charge is -2.69. The summed E-state index contributed by atoms with van der Waals surface area (Å²) in [6, 6.07) is 6.16. The van der Waals surface area contributed by atoms with E-state index in [0.29, 0.717) is 24.7 Å². The maximum absolute atomic E-state index is 4.33. The van der Waals surface area contributed by atoms with Gasteiger partial charge in [0, 0.05) is 48.3 Å². The number of hydrogen-bond acceptors (Lipinski definition) is 8. The summed E-state index contributed by atoms with van der Waals surface area (Å²) in [5.74, 6) is 5.31. The molecule has 4 saturated heterocycles. The summed E-state index contributed by atoms with van der Waals surface area (Å²) in [5.41, 5.74) is 0. The zero-order valence-electron chi connectivity index (χ0n) is 43.9. The first-order valence-corrected chi connectivity index (χ1v) is 31.8. The van der Waals surface area contributed by atoms with Crippen molar-refractivity contribution in [3.8, 4) is 0 Å². The number of nitrogens with one attached hydrogen (secondary N) is 4. The average molecular weight is 940 g/mol. The van der Waals surface area contributed by atoms with Gasteiger partial charge in [-0.05, 0) is 229 Å². The van der Waals surface area contributed by atoms with E-state index in [0.717, 1.165) is 83.8 Å². The third-order valence-corrected chi connectivity index (χ3v) is 23.1. The fourth-order valence-corrected chi connectivity index (χ4v) is 20.6. The second-order valence-corrected chi connectivity index (χ2v) is 26.5. The molecule has 68 heavy (non-hydrogen) atoms. The molecule has 0 radical (unpaired) electrons. The minimum Gasteiger partial charge on any atom is -0.302 e. The molecule has 8 saturated carbocycles. The predicted octanol–water partition coefficient (Wildman–Crippen LogP) is 11.5. The van der Waals surface area contributed by atoms with Crippen molar-refractivity contribution in [3.05, 3.63) is 0 Å². The van der Waals surface area contributed by atoms with E-state index in [2.05, 4.69) is 40.9 Å². The van der Waals surface area contributed by atoms with Crippen LogP contribution in [0, 0.1) is 35.5 Å². The fraction of sp³-hybridized carbons (Fsp3) is 1.00. The lowest BCUT2D eigenvalue weighted by atomic mass is 9.44. The van der Waals surface area contributed by atoms with Gasteiger partial charge in [-0.1, -0.05) is 77.0 Å². The van der Waals surface area contributed by atoms with Crippen molar-refractivity contribution in [1.29, 1.82) is 0 Å². The Bertz CT molecular complexity index is 1220. The number of rotatable bonds is 12. The van der Waals surface area contributed by atoms with Crippen LogP contribution < -0.4 is 21.3 Å². The van der Waals surface area contributed by atoms with Crippen molar-refractivity contribution in [2.24, 2.45) is 35.5 Å². The Balaban J connectivity index is 0.995. The molecule has 4 aliphatic heterocycles. The van der Waals surface area contributed by atoms with Crippen LogP contribution in [-0.4, -0.2) is 119 Å². The van der Waals surface area contributed by atoms with Crippen LogP contribution in [0.1, 0.15) is 244 Å². The molecular weight excluding hydrogens is 833 g/mol. The summed E-state index contributed by atoms with van der Waals surface area (Å²) in [4.78, 5) is 13.6. The molecule has 386 valence electrons. The molecule has 12 unspecified atom stereocenters. The first-order valence-electron chi connectivity index (χ1n) is 31.8. The van der Waals surface area contributed by atoms with E-state index in [-0.39, 0.29) is 0 Å². The number of piperidine rings is 4. The van der Waals surface area contributed by atoms with Crippen molar-refractivity contribution >= 4 is 0 Å². The summed E-state index contributed by atoms with van der Waals surface area (Å²) in [6.45, 7) is 4.98. The topological polar surface area (TPSA) is 61.1 Å². The Hall–Kier alpha value is -0.320. The largest absolute Gasteiger partial charge is 0.302 e. The Labute approximate surface area is 417 Å². The van der Waals surface area contributed by atoms with Crippen LogP contribution in [0.25, 0.3) is 0 Å². The molecule has 0 spiro atoms. The molecule has 12 aliphatic rings. The third kappa shape index (κ3) is 10.0. The van der Waals surface area contributed by atoms with Crippen molar-refractivity contribution in [1.82, 2.24) is 40.9 Å². The molecule has 12 rings (SSSR count). The highest BCUT2D eigenvalue weighted by atomic mass is 15.4. The summed E-state index contributed by atoms with van der Waals surface area (Å²) < 4.78 is 0. The van der Waals surface area contributed by atoms with Crippen molar-refractivity contribution in [2.45, 2.75) is 317 Å². The molecule has 12 fully saturated rings. The van der Waals surface area contributed by atoms with Gasteiger partial charge < -0.3 is 21.3 Å². The van der Waals surface area contributed by atoms with E-state index < -0.39 is 0 Å². The second kappa shape index (κ2) is 23.1. The van der Waals surface area contributed by atoms with Gasteiger partial charge in [0.25, 0.3) is 0 Å². The third-order valence-electron chi connectivity index (χ3n) is 23.1. The molecule has 8 aliphatic carbocycles. The lowest BCUT2D eigenvalue weighted by molar-refractivity contribution is -0.198. The lowest BCUT2D eigenvalue weighted by Crippen LogP contribution is -2.73. The first kappa shape index (κ1) is 48.6. The molecule has 8 nitrogen and oxygen atoms in total. The first-order chi connectivity index (χ1) is 33.8. The van der Waals surface area contributed by atoms with E-state index in [4.69, 9.17) is 0 Å². The van der Waals surface area contributed by atoms with Gasteiger partial charge in [0.2, 0.25) is 0 Å². The maximum Gasteiger partial charge on any atom is 0.0602 e. The molecular formula is C60H106N8. The van der Waals surface area contributed by atoms with Gasteiger partial charge >= 0.3 is 0 Å². The van der Waals surface area contributed by atoms with Crippen LogP contribution >= 0.6 is 0 Å². The Kier molecular flexibility index (Phi) is 16.5. The molecule has 4 heterocycles. The zero-order chi connectivity index (χ0) is 45.2. The Morgan fingerprint density at radius 1 is 0.221 bits per heavy atom. The van der Waals surface area contributed by atoms with Crippen LogP contribution in [-0.2, 0) is 0 Å². The molecule has 0 amide bonds.